The number of alkyl halides is 4. The molecule has 0 spiro atoms. The van der Waals surface area contributed by atoms with Crippen molar-refractivity contribution in [2.24, 2.45) is 34.2 Å². The molecule has 0 saturated carbocycles. The fourth-order valence-electron chi connectivity index (χ4n) is 9.76. The molecule has 8 rings (SSSR count). The van der Waals surface area contributed by atoms with E-state index in [1.165, 1.54) is 15.4 Å². The number of carbonyl (C=O) groups excluding carboxylic acids is 1. The minimum absolute atomic E-state index is 0.0619. The van der Waals surface area contributed by atoms with E-state index in [1.807, 2.05) is 46.8 Å². The van der Waals surface area contributed by atoms with E-state index < -0.39 is 74.1 Å². The Morgan fingerprint density at radius 1 is 0.917 bits per heavy atom. The van der Waals surface area contributed by atoms with Crippen molar-refractivity contribution in [3.8, 4) is 22.5 Å². The van der Waals surface area contributed by atoms with Gasteiger partial charge >= 0.3 is 0 Å². The van der Waals surface area contributed by atoms with Gasteiger partial charge in [-0.1, -0.05) is 65.8 Å². The molecule has 4 aliphatic heterocycles. The summed E-state index contributed by atoms with van der Waals surface area (Å²) in [6, 6.07) is 11.6. The highest BCUT2D eigenvalue weighted by Gasteiger charge is 2.52. The van der Waals surface area contributed by atoms with Gasteiger partial charge in [0, 0.05) is 70.7 Å². The van der Waals surface area contributed by atoms with Crippen LogP contribution in [0.1, 0.15) is 103 Å². The molecule has 14 heteroatoms. The fourth-order valence-corrected chi connectivity index (χ4v) is 9.76. The number of halogens is 4. The van der Waals surface area contributed by atoms with Gasteiger partial charge in [0.2, 0.25) is 5.91 Å². The second-order valence-electron chi connectivity index (χ2n) is 18.3. The van der Waals surface area contributed by atoms with Crippen molar-refractivity contribution in [1.29, 1.82) is 0 Å². The first-order chi connectivity index (χ1) is 28.4. The maximum atomic E-state index is 15.0. The largest absolute Gasteiger partial charge is 0.377 e. The van der Waals surface area contributed by atoms with Gasteiger partial charge < -0.3 is 31.0 Å². The van der Waals surface area contributed by atoms with Crippen molar-refractivity contribution >= 4 is 28.2 Å². The average molecular weight is 831 g/mol. The van der Waals surface area contributed by atoms with E-state index in [4.69, 9.17) is 16.5 Å². The predicted octanol–water partition coefficient (Wildman–Crippen LogP) is 8.32. The highest BCUT2D eigenvalue weighted by atomic mass is 19.3. The predicted molar refractivity (Wildman–Crippen MR) is 228 cm³/mol. The van der Waals surface area contributed by atoms with Crippen LogP contribution >= 0.6 is 0 Å². The van der Waals surface area contributed by atoms with Crippen LogP contribution in [0.4, 0.5) is 17.6 Å². The Bertz CT molecular complexity index is 2330. The van der Waals surface area contributed by atoms with Gasteiger partial charge in [-0.2, -0.15) is 0 Å². The Morgan fingerprint density at radius 3 is 2.32 bits per heavy atom. The third kappa shape index (κ3) is 7.62. The summed E-state index contributed by atoms with van der Waals surface area (Å²) in [4.78, 5) is 29.0. The summed E-state index contributed by atoms with van der Waals surface area (Å²) in [5.74, 6) is -6.24. The average Bonchev–Trinajstić information content (AvgIpc) is 4.01. The summed E-state index contributed by atoms with van der Waals surface area (Å²) in [5, 5.41) is 12.0. The third-order valence-electron chi connectivity index (χ3n) is 13.5. The molecule has 0 bridgehead atoms. The van der Waals surface area contributed by atoms with Crippen LogP contribution in [-0.4, -0.2) is 90.3 Å². The lowest BCUT2D eigenvalue weighted by Crippen LogP contribution is -2.51. The summed E-state index contributed by atoms with van der Waals surface area (Å²) in [6.45, 7) is 11.1. The lowest BCUT2D eigenvalue weighted by Gasteiger charge is -2.33. The molecule has 0 radical (unpaired) electrons. The molecule has 2 saturated heterocycles. The van der Waals surface area contributed by atoms with Crippen LogP contribution < -0.4 is 11.5 Å². The summed E-state index contributed by atoms with van der Waals surface area (Å²) in [7, 11) is 0. The lowest BCUT2D eigenvalue weighted by molar-refractivity contribution is -0.134. The van der Waals surface area contributed by atoms with Gasteiger partial charge in [-0.25, -0.2) is 22.5 Å². The number of nitrogens with zero attached hydrogens (tertiary/aromatic N) is 5. The number of aliphatic imine (C=N–C) groups is 1. The molecular weight excluding hydrogens is 773 g/mol. The number of rotatable bonds is 11. The Labute approximate surface area is 349 Å². The van der Waals surface area contributed by atoms with Gasteiger partial charge in [-0.3, -0.25) is 14.7 Å². The molecule has 2 aromatic carbocycles. The molecule has 60 heavy (non-hydrogen) atoms. The van der Waals surface area contributed by atoms with Gasteiger partial charge in [0.15, 0.2) is 0 Å². The number of aromatic amines is 1. The number of nitrogens with two attached hydrogens (primary N) is 2. The standard InChI is InChI=1S/C46H58F4N8O2/c1-7-26-10-13-33(54-41(26)37-18-45(47,48)22-57(37)43(59)39(51)24(3)4)28-11-14-35-30(15-28)17-36-31-12-9-29(16-32(31)27(8-2)21-56(35)36)34-20-53-42(55-34)38-19-46(49,50)23-58(38)44(60)40(52)25(5)6/h9,11-17,20,24-27,37-40,44,60H,7-8,10,18-19,21-23,51-52H2,1-6H3,(H,53,55). The SMILES string of the molecule is CCC1CC=C(c2ccc3c(c2)cc2n3CC(CC)c3cc(-c4cnc(C5CC(F)(F)CN5C(O)C(N)C(C)C)[nH]4)ccc3-2)N=C1C1CC(F)(F)CN1C(=O)C(N)C(C)C. The molecule has 7 atom stereocenters. The van der Waals surface area contributed by atoms with E-state index in [1.54, 1.807) is 6.20 Å². The summed E-state index contributed by atoms with van der Waals surface area (Å²) >= 11 is 0. The van der Waals surface area contributed by atoms with Crippen molar-refractivity contribution in [3.63, 3.8) is 0 Å². The van der Waals surface area contributed by atoms with Gasteiger partial charge in [0.25, 0.3) is 11.8 Å². The van der Waals surface area contributed by atoms with E-state index in [-0.39, 0.29) is 23.7 Å². The van der Waals surface area contributed by atoms with Crippen LogP contribution in [0.15, 0.2) is 59.7 Å². The number of aromatic nitrogens is 3. The maximum absolute atomic E-state index is 15.0. The molecule has 2 aromatic heterocycles. The second-order valence-corrected chi connectivity index (χ2v) is 18.3. The Hall–Kier alpha value is -4.37. The molecular formula is C46H58F4N8O2. The van der Waals surface area contributed by atoms with Crippen LogP contribution in [-0.2, 0) is 11.3 Å². The molecule has 1 amide bonds. The quantitative estimate of drug-likeness (QED) is 0.112. The topological polar surface area (TPSA) is 142 Å². The van der Waals surface area contributed by atoms with E-state index in [0.717, 1.165) is 46.3 Å². The molecule has 322 valence electrons. The van der Waals surface area contributed by atoms with Gasteiger partial charge in [-0.05, 0) is 66.5 Å². The number of aliphatic hydroxyl groups is 1. The molecule has 7 unspecified atom stereocenters. The molecule has 2 fully saturated rings. The van der Waals surface area contributed by atoms with E-state index in [9.17, 15) is 18.7 Å². The molecule has 0 aliphatic carbocycles. The first-order valence-corrected chi connectivity index (χ1v) is 21.5. The Kier molecular flexibility index (Phi) is 11.2. The van der Waals surface area contributed by atoms with Crippen molar-refractivity contribution in [3.05, 3.63) is 71.7 Å². The number of likely N-dealkylation sites (tertiary alicyclic amines) is 2. The molecule has 4 aromatic rings. The first kappa shape index (κ1) is 42.3. The smallest absolute Gasteiger partial charge is 0.267 e. The van der Waals surface area contributed by atoms with E-state index in [2.05, 4.69) is 57.9 Å². The van der Waals surface area contributed by atoms with Gasteiger partial charge in [0.05, 0.1) is 48.8 Å². The number of fused-ring (bicyclic) bond motifs is 5. The normalized spacial score (nSPS) is 25.4. The Morgan fingerprint density at radius 2 is 1.62 bits per heavy atom. The van der Waals surface area contributed by atoms with Crippen LogP contribution in [0, 0.1) is 17.8 Å². The number of carbonyl (C=O) groups is 1. The van der Waals surface area contributed by atoms with Crippen LogP contribution in [0.2, 0.25) is 0 Å². The molecule has 10 nitrogen and oxygen atoms in total. The van der Waals surface area contributed by atoms with E-state index >= 15 is 8.78 Å². The zero-order chi connectivity index (χ0) is 43.0. The number of imidazole rings is 1. The number of allylic oxidation sites excluding steroid dienone is 1. The number of aliphatic hydroxyl groups excluding tert-OH is 1. The van der Waals surface area contributed by atoms with Crippen LogP contribution in [0.5, 0.6) is 0 Å². The van der Waals surface area contributed by atoms with Crippen molar-refractivity contribution in [2.75, 3.05) is 13.1 Å². The zero-order valence-corrected chi connectivity index (χ0v) is 35.3. The maximum Gasteiger partial charge on any atom is 0.267 e. The van der Waals surface area contributed by atoms with Crippen molar-refractivity contribution < 1.29 is 27.5 Å². The number of amides is 1. The van der Waals surface area contributed by atoms with E-state index in [0.29, 0.717) is 35.8 Å². The molecule has 6 heterocycles. The summed E-state index contributed by atoms with van der Waals surface area (Å²) < 4.78 is 62.0. The summed E-state index contributed by atoms with van der Waals surface area (Å²) in [6.07, 6.45) is 3.84. The number of nitrogens with one attached hydrogen (secondary N) is 1. The zero-order valence-electron chi connectivity index (χ0n) is 35.3. The second kappa shape index (κ2) is 15.8. The Balaban J connectivity index is 1.09. The third-order valence-corrected chi connectivity index (χ3v) is 13.5. The van der Waals surface area contributed by atoms with Crippen molar-refractivity contribution in [1.82, 2.24) is 24.3 Å². The minimum Gasteiger partial charge on any atom is -0.377 e. The number of hydrogen-bond acceptors (Lipinski definition) is 7. The minimum atomic E-state index is -3.03. The highest BCUT2D eigenvalue weighted by Crippen LogP contribution is 2.45. The van der Waals surface area contributed by atoms with Crippen LogP contribution in [0.25, 0.3) is 39.1 Å². The highest BCUT2D eigenvalue weighted by molar-refractivity contribution is 6.01. The van der Waals surface area contributed by atoms with Gasteiger partial charge in [-0.15, -0.1) is 0 Å². The van der Waals surface area contributed by atoms with Gasteiger partial charge in [0.1, 0.15) is 12.1 Å². The monoisotopic (exact) mass is 830 g/mol. The lowest BCUT2D eigenvalue weighted by atomic mass is 9.86. The molecule has 4 aliphatic rings. The number of H-pyrrole nitrogens is 1. The number of benzene rings is 2. The van der Waals surface area contributed by atoms with Crippen molar-refractivity contribution in [2.45, 2.75) is 128 Å². The molecule has 6 N–H and O–H groups in total. The number of hydrogen-bond donors (Lipinski definition) is 4. The summed E-state index contributed by atoms with van der Waals surface area (Å²) in [5.41, 5.74) is 20.7. The first-order valence-electron chi connectivity index (χ1n) is 21.5. The van der Waals surface area contributed by atoms with Crippen LogP contribution in [0.3, 0.4) is 0 Å². The fraction of sp³-hybridized carbons (Fsp3) is 0.543.